The van der Waals surface area contributed by atoms with E-state index in [4.69, 9.17) is 4.74 Å². The van der Waals surface area contributed by atoms with Crippen molar-refractivity contribution in [3.05, 3.63) is 30.5 Å². The Morgan fingerprint density at radius 3 is 2.65 bits per heavy atom. The molecule has 3 rings (SSSR count). The molecule has 1 aliphatic rings. The zero-order valence-electron chi connectivity index (χ0n) is 10.9. The summed E-state index contributed by atoms with van der Waals surface area (Å²) in [5.41, 5.74) is 1.88. The van der Waals surface area contributed by atoms with Crippen molar-refractivity contribution >= 4 is 23.1 Å². The zero-order chi connectivity index (χ0) is 13.8. The van der Waals surface area contributed by atoms with Crippen LogP contribution in [0.25, 0.3) is 10.4 Å². The number of carbonyl (C=O) groups is 1. The van der Waals surface area contributed by atoms with Gasteiger partial charge < -0.3 is 10.1 Å². The lowest BCUT2D eigenvalue weighted by molar-refractivity contribution is -0.122. The molecule has 104 valence electrons. The largest absolute Gasteiger partial charge is 0.381 e. The van der Waals surface area contributed by atoms with Crippen molar-refractivity contribution < 1.29 is 9.53 Å². The van der Waals surface area contributed by atoms with Gasteiger partial charge in [-0.2, -0.15) is 0 Å². The van der Waals surface area contributed by atoms with Crippen molar-refractivity contribution in [2.45, 2.75) is 12.8 Å². The average molecular weight is 289 g/mol. The predicted molar refractivity (Wildman–Crippen MR) is 77.5 cm³/mol. The smallest absolute Gasteiger partial charge is 0.227 e. The maximum Gasteiger partial charge on any atom is 0.227 e. The summed E-state index contributed by atoms with van der Waals surface area (Å²) in [4.78, 5) is 13.1. The number of anilines is 1. The monoisotopic (exact) mass is 289 g/mol. The lowest BCUT2D eigenvalue weighted by Gasteiger charge is -2.21. The SMILES string of the molecule is O=C(Nc1ccc(-c2cnns2)cc1)C1CCOCC1. The van der Waals surface area contributed by atoms with Gasteiger partial charge in [0.05, 0.1) is 11.1 Å². The first-order valence-electron chi connectivity index (χ1n) is 6.59. The quantitative estimate of drug-likeness (QED) is 0.943. The van der Waals surface area contributed by atoms with Crippen molar-refractivity contribution in [1.82, 2.24) is 9.59 Å². The van der Waals surface area contributed by atoms with Gasteiger partial charge in [-0.05, 0) is 42.1 Å². The van der Waals surface area contributed by atoms with E-state index in [0.717, 1.165) is 29.0 Å². The number of nitrogens with one attached hydrogen (secondary N) is 1. The standard InChI is InChI=1S/C14H15N3O2S/c18-14(11-5-7-19-8-6-11)16-12-3-1-10(2-4-12)13-9-15-17-20-13/h1-4,9,11H,5-8H2,(H,16,18). The normalized spacial score (nSPS) is 16.0. The molecule has 1 aromatic carbocycles. The third-order valence-corrected chi connectivity index (χ3v) is 4.10. The van der Waals surface area contributed by atoms with Crippen LogP contribution in [0, 0.1) is 5.92 Å². The van der Waals surface area contributed by atoms with E-state index in [1.54, 1.807) is 6.20 Å². The van der Waals surface area contributed by atoms with Crippen LogP contribution >= 0.6 is 11.5 Å². The molecule has 0 radical (unpaired) electrons. The van der Waals surface area contributed by atoms with Crippen LogP contribution in [0.4, 0.5) is 5.69 Å². The van der Waals surface area contributed by atoms with Crippen LogP contribution in [-0.2, 0) is 9.53 Å². The Morgan fingerprint density at radius 2 is 2.00 bits per heavy atom. The number of amides is 1. The van der Waals surface area contributed by atoms with Crippen LogP contribution < -0.4 is 5.32 Å². The number of benzene rings is 1. The summed E-state index contributed by atoms with van der Waals surface area (Å²) in [6, 6.07) is 7.75. The fourth-order valence-electron chi connectivity index (χ4n) is 2.22. The molecule has 1 saturated heterocycles. The summed E-state index contributed by atoms with van der Waals surface area (Å²) < 4.78 is 9.11. The van der Waals surface area contributed by atoms with E-state index in [-0.39, 0.29) is 11.8 Å². The first-order chi connectivity index (χ1) is 9.83. The van der Waals surface area contributed by atoms with Gasteiger partial charge in [0.25, 0.3) is 0 Å². The third-order valence-electron chi connectivity index (χ3n) is 3.39. The fraction of sp³-hybridized carbons (Fsp3) is 0.357. The van der Waals surface area contributed by atoms with Gasteiger partial charge in [0.1, 0.15) is 0 Å². The number of nitrogens with zero attached hydrogens (tertiary/aromatic N) is 2. The molecule has 1 aromatic heterocycles. The van der Waals surface area contributed by atoms with Gasteiger partial charge in [-0.25, -0.2) is 0 Å². The molecule has 6 heteroatoms. The molecule has 0 unspecified atom stereocenters. The highest BCUT2D eigenvalue weighted by Gasteiger charge is 2.21. The summed E-state index contributed by atoms with van der Waals surface area (Å²) >= 11 is 1.36. The second-order valence-corrected chi connectivity index (χ2v) is 5.52. The zero-order valence-corrected chi connectivity index (χ0v) is 11.7. The second kappa shape index (κ2) is 6.11. The van der Waals surface area contributed by atoms with Crippen LogP contribution in [0.2, 0.25) is 0 Å². The first-order valence-corrected chi connectivity index (χ1v) is 7.36. The van der Waals surface area contributed by atoms with Crippen molar-refractivity contribution in [2.75, 3.05) is 18.5 Å². The number of carbonyl (C=O) groups excluding carboxylic acids is 1. The maximum absolute atomic E-state index is 12.1. The topological polar surface area (TPSA) is 64.1 Å². The van der Waals surface area contributed by atoms with Crippen molar-refractivity contribution in [1.29, 1.82) is 0 Å². The van der Waals surface area contributed by atoms with Crippen molar-refractivity contribution in [2.24, 2.45) is 5.92 Å². The molecular formula is C14H15N3O2S. The highest BCUT2D eigenvalue weighted by atomic mass is 32.1. The molecule has 2 aromatic rings. The second-order valence-electron chi connectivity index (χ2n) is 4.74. The number of aromatic nitrogens is 2. The molecule has 0 saturated carbocycles. The number of hydrogen-bond donors (Lipinski definition) is 1. The van der Waals surface area contributed by atoms with Crippen molar-refractivity contribution in [3.63, 3.8) is 0 Å². The number of ether oxygens (including phenoxy) is 1. The van der Waals surface area contributed by atoms with Gasteiger partial charge >= 0.3 is 0 Å². The molecule has 1 amide bonds. The summed E-state index contributed by atoms with van der Waals surface area (Å²) in [7, 11) is 0. The van der Waals surface area contributed by atoms with Gasteiger partial charge in [0, 0.05) is 24.8 Å². The van der Waals surface area contributed by atoms with E-state index in [0.29, 0.717) is 13.2 Å². The minimum absolute atomic E-state index is 0.0640. The van der Waals surface area contributed by atoms with Gasteiger partial charge in [0.2, 0.25) is 5.91 Å². The number of rotatable bonds is 3. The van der Waals surface area contributed by atoms with Gasteiger partial charge in [0.15, 0.2) is 0 Å². The Morgan fingerprint density at radius 1 is 1.25 bits per heavy atom. The molecule has 0 atom stereocenters. The molecular weight excluding hydrogens is 274 g/mol. The maximum atomic E-state index is 12.1. The Balaban J connectivity index is 1.64. The van der Waals surface area contributed by atoms with Crippen LogP contribution in [-0.4, -0.2) is 28.7 Å². The Labute approximate surface area is 121 Å². The minimum atomic E-state index is 0.0640. The molecule has 5 nitrogen and oxygen atoms in total. The molecule has 0 bridgehead atoms. The van der Waals surface area contributed by atoms with Gasteiger partial charge in [-0.15, -0.1) is 5.10 Å². The summed E-state index contributed by atoms with van der Waals surface area (Å²) in [5.74, 6) is 0.148. The molecule has 1 N–H and O–H groups in total. The van der Waals surface area contributed by atoms with E-state index in [2.05, 4.69) is 14.9 Å². The van der Waals surface area contributed by atoms with Crippen LogP contribution in [0.15, 0.2) is 30.5 Å². The van der Waals surface area contributed by atoms with E-state index >= 15 is 0 Å². The molecule has 1 fully saturated rings. The van der Waals surface area contributed by atoms with Crippen LogP contribution in [0.3, 0.4) is 0 Å². The van der Waals surface area contributed by atoms with E-state index in [1.165, 1.54) is 11.5 Å². The van der Waals surface area contributed by atoms with Gasteiger partial charge in [-0.1, -0.05) is 16.6 Å². The molecule has 2 heterocycles. The third kappa shape index (κ3) is 3.02. The lowest BCUT2D eigenvalue weighted by atomic mass is 9.99. The average Bonchev–Trinajstić information content (AvgIpc) is 3.03. The Hall–Kier alpha value is -1.79. The van der Waals surface area contributed by atoms with Crippen molar-refractivity contribution in [3.8, 4) is 10.4 Å². The van der Waals surface area contributed by atoms with Crippen LogP contribution in [0.1, 0.15) is 12.8 Å². The van der Waals surface area contributed by atoms with E-state index < -0.39 is 0 Å². The lowest BCUT2D eigenvalue weighted by Crippen LogP contribution is -2.28. The first kappa shape index (κ1) is 13.2. The summed E-state index contributed by atoms with van der Waals surface area (Å²) in [6.07, 6.45) is 3.34. The van der Waals surface area contributed by atoms with E-state index in [1.807, 2.05) is 24.3 Å². The minimum Gasteiger partial charge on any atom is -0.381 e. The highest BCUT2D eigenvalue weighted by Crippen LogP contribution is 2.24. The molecule has 1 aliphatic heterocycles. The fourth-order valence-corrected chi connectivity index (χ4v) is 2.73. The number of hydrogen-bond acceptors (Lipinski definition) is 5. The predicted octanol–water partition coefficient (Wildman–Crippen LogP) is 2.57. The molecule has 0 aliphatic carbocycles. The van der Waals surface area contributed by atoms with Gasteiger partial charge in [-0.3, -0.25) is 4.79 Å². The summed E-state index contributed by atoms with van der Waals surface area (Å²) in [6.45, 7) is 1.35. The van der Waals surface area contributed by atoms with Crippen LogP contribution in [0.5, 0.6) is 0 Å². The summed E-state index contributed by atoms with van der Waals surface area (Å²) in [5, 5.41) is 6.78. The Kier molecular flexibility index (Phi) is 4.03. The highest BCUT2D eigenvalue weighted by molar-refractivity contribution is 7.09. The molecule has 0 spiro atoms. The Bertz CT molecular complexity index is 563. The van der Waals surface area contributed by atoms with E-state index in [9.17, 15) is 4.79 Å². The molecule has 20 heavy (non-hydrogen) atoms.